The lowest BCUT2D eigenvalue weighted by molar-refractivity contribution is -0.145. The van der Waals surface area contributed by atoms with Gasteiger partial charge in [0.2, 0.25) is 0 Å². The summed E-state index contributed by atoms with van der Waals surface area (Å²) in [6.45, 7) is 5.09. The third kappa shape index (κ3) is 4.19. The lowest BCUT2D eigenvalue weighted by atomic mass is 9.85. The number of carboxylic acids is 1. The molecule has 2 aliphatic carbocycles. The molecule has 4 nitrogen and oxygen atoms in total. The zero-order chi connectivity index (χ0) is 15.3. The molecule has 0 aromatic heterocycles. The van der Waals surface area contributed by atoms with Crippen molar-refractivity contribution in [1.82, 2.24) is 5.32 Å². The number of rotatable bonds is 7. The largest absolute Gasteiger partial charge is 0.480 e. The minimum absolute atomic E-state index is 0.117. The molecule has 4 atom stereocenters. The van der Waals surface area contributed by atoms with Crippen LogP contribution in [0.1, 0.15) is 71.6 Å². The summed E-state index contributed by atoms with van der Waals surface area (Å²) >= 11 is 0. The SMILES string of the molecule is CCCNC1(C(=O)O)CCC(OC2CCCC(CC)C2)C1. The number of ether oxygens (including phenoxy) is 1. The third-order valence-corrected chi connectivity index (χ3v) is 5.29. The van der Waals surface area contributed by atoms with Crippen LogP contribution in [0, 0.1) is 5.92 Å². The van der Waals surface area contributed by atoms with Gasteiger partial charge in [0.1, 0.15) is 5.54 Å². The molecule has 0 aromatic carbocycles. The van der Waals surface area contributed by atoms with Crippen LogP contribution in [-0.4, -0.2) is 35.4 Å². The molecular formula is C17H31NO3. The smallest absolute Gasteiger partial charge is 0.323 e. The van der Waals surface area contributed by atoms with Crippen LogP contribution in [0.25, 0.3) is 0 Å². The molecule has 4 heteroatoms. The molecule has 0 amide bonds. The van der Waals surface area contributed by atoms with Crippen molar-refractivity contribution in [2.24, 2.45) is 5.92 Å². The first-order valence-electron chi connectivity index (χ1n) is 8.73. The van der Waals surface area contributed by atoms with Crippen molar-refractivity contribution in [2.45, 2.75) is 89.4 Å². The van der Waals surface area contributed by atoms with E-state index >= 15 is 0 Å². The first-order valence-corrected chi connectivity index (χ1v) is 8.73. The van der Waals surface area contributed by atoms with E-state index in [0.29, 0.717) is 18.9 Å². The molecule has 2 fully saturated rings. The summed E-state index contributed by atoms with van der Waals surface area (Å²) < 4.78 is 6.27. The van der Waals surface area contributed by atoms with Gasteiger partial charge in [0.05, 0.1) is 12.2 Å². The Morgan fingerprint density at radius 3 is 2.76 bits per heavy atom. The molecule has 2 saturated carbocycles. The molecule has 0 bridgehead atoms. The van der Waals surface area contributed by atoms with Crippen molar-refractivity contribution in [3.8, 4) is 0 Å². The standard InChI is InChI=1S/C17H31NO3/c1-3-10-18-17(16(19)20)9-8-15(12-17)21-14-7-5-6-13(4-2)11-14/h13-15,18H,3-12H2,1-2H3,(H,19,20). The Hall–Kier alpha value is -0.610. The normalized spacial score (nSPS) is 36.8. The molecule has 0 spiro atoms. The minimum atomic E-state index is -0.750. The maximum atomic E-state index is 11.6. The van der Waals surface area contributed by atoms with Gasteiger partial charge in [0, 0.05) is 6.42 Å². The van der Waals surface area contributed by atoms with Gasteiger partial charge in [-0.05, 0) is 44.6 Å². The van der Waals surface area contributed by atoms with Gasteiger partial charge in [-0.25, -0.2) is 0 Å². The molecule has 2 rings (SSSR count). The summed E-state index contributed by atoms with van der Waals surface area (Å²) in [7, 11) is 0. The van der Waals surface area contributed by atoms with Crippen LogP contribution in [0.3, 0.4) is 0 Å². The first kappa shape index (κ1) is 16.8. The monoisotopic (exact) mass is 297 g/mol. The molecule has 122 valence electrons. The zero-order valence-electron chi connectivity index (χ0n) is 13.6. The van der Waals surface area contributed by atoms with Gasteiger partial charge in [-0.15, -0.1) is 0 Å². The van der Waals surface area contributed by atoms with Crippen molar-refractivity contribution < 1.29 is 14.6 Å². The van der Waals surface area contributed by atoms with Crippen LogP contribution in [0.5, 0.6) is 0 Å². The van der Waals surface area contributed by atoms with Gasteiger partial charge in [-0.1, -0.05) is 33.1 Å². The molecule has 0 radical (unpaired) electrons. The predicted molar refractivity (Wildman–Crippen MR) is 83.4 cm³/mol. The van der Waals surface area contributed by atoms with E-state index in [1.54, 1.807) is 0 Å². The summed E-state index contributed by atoms with van der Waals surface area (Å²) in [4.78, 5) is 11.6. The van der Waals surface area contributed by atoms with Gasteiger partial charge in [0.25, 0.3) is 0 Å². The fourth-order valence-electron chi connectivity index (χ4n) is 3.92. The van der Waals surface area contributed by atoms with E-state index in [1.807, 2.05) is 0 Å². The van der Waals surface area contributed by atoms with Gasteiger partial charge in [-0.3, -0.25) is 4.79 Å². The van der Waals surface area contributed by atoms with Crippen LogP contribution < -0.4 is 5.32 Å². The zero-order valence-corrected chi connectivity index (χ0v) is 13.6. The molecule has 2 N–H and O–H groups in total. The highest BCUT2D eigenvalue weighted by atomic mass is 16.5. The van der Waals surface area contributed by atoms with Gasteiger partial charge < -0.3 is 15.2 Å². The number of hydrogen-bond donors (Lipinski definition) is 2. The van der Waals surface area contributed by atoms with E-state index in [0.717, 1.165) is 38.1 Å². The van der Waals surface area contributed by atoms with E-state index in [4.69, 9.17) is 4.74 Å². The highest BCUT2D eigenvalue weighted by Gasteiger charge is 2.46. The van der Waals surface area contributed by atoms with Crippen LogP contribution in [-0.2, 0) is 9.53 Å². The fourth-order valence-corrected chi connectivity index (χ4v) is 3.92. The van der Waals surface area contributed by atoms with Crippen molar-refractivity contribution in [2.75, 3.05) is 6.54 Å². The molecule has 0 heterocycles. The maximum Gasteiger partial charge on any atom is 0.323 e. The molecule has 4 unspecified atom stereocenters. The van der Waals surface area contributed by atoms with E-state index < -0.39 is 11.5 Å². The summed E-state index contributed by atoms with van der Waals surface area (Å²) in [6, 6.07) is 0. The Labute approximate surface area is 128 Å². The highest BCUT2D eigenvalue weighted by molar-refractivity contribution is 5.79. The van der Waals surface area contributed by atoms with Gasteiger partial charge in [0.15, 0.2) is 0 Å². The minimum Gasteiger partial charge on any atom is -0.480 e. The Morgan fingerprint density at radius 1 is 1.29 bits per heavy atom. The van der Waals surface area contributed by atoms with E-state index in [2.05, 4.69) is 19.2 Å². The molecule has 0 aromatic rings. The topological polar surface area (TPSA) is 58.6 Å². The molecule has 21 heavy (non-hydrogen) atoms. The number of hydrogen-bond acceptors (Lipinski definition) is 3. The first-order chi connectivity index (χ1) is 10.1. The summed E-state index contributed by atoms with van der Waals surface area (Å²) in [5.74, 6) is 0.0877. The highest BCUT2D eigenvalue weighted by Crippen LogP contribution is 2.36. The summed E-state index contributed by atoms with van der Waals surface area (Å²) in [6.07, 6.45) is 9.75. The average molecular weight is 297 g/mol. The van der Waals surface area contributed by atoms with E-state index in [1.165, 1.54) is 19.3 Å². The fraction of sp³-hybridized carbons (Fsp3) is 0.941. The van der Waals surface area contributed by atoms with Crippen molar-refractivity contribution >= 4 is 5.97 Å². The predicted octanol–water partition coefficient (Wildman–Crippen LogP) is 3.35. The second-order valence-corrected chi connectivity index (χ2v) is 6.88. The van der Waals surface area contributed by atoms with Gasteiger partial charge >= 0.3 is 5.97 Å². The Morgan fingerprint density at radius 2 is 2.10 bits per heavy atom. The number of carbonyl (C=O) groups is 1. The third-order valence-electron chi connectivity index (χ3n) is 5.29. The van der Waals surface area contributed by atoms with Crippen LogP contribution in [0.15, 0.2) is 0 Å². The van der Waals surface area contributed by atoms with Crippen molar-refractivity contribution in [3.63, 3.8) is 0 Å². The van der Waals surface area contributed by atoms with E-state index in [-0.39, 0.29) is 6.10 Å². The molecular weight excluding hydrogens is 266 g/mol. The number of carboxylic acid groups (broad SMARTS) is 1. The van der Waals surface area contributed by atoms with E-state index in [9.17, 15) is 9.90 Å². The maximum absolute atomic E-state index is 11.6. The molecule has 2 aliphatic rings. The molecule has 0 saturated heterocycles. The van der Waals surface area contributed by atoms with Crippen molar-refractivity contribution in [1.29, 1.82) is 0 Å². The number of aliphatic carboxylic acids is 1. The number of nitrogens with one attached hydrogen (secondary N) is 1. The van der Waals surface area contributed by atoms with Crippen LogP contribution >= 0.6 is 0 Å². The summed E-state index contributed by atoms with van der Waals surface area (Å²) in [5, 5.41) is 12.8. The summed E-state index contributed by atoms with van der Waals surface area (Å²) in [5.41, 5.74) is -0.750. The van der Waals surface area contributed by atoms with Crippen LogP contribution in [0.4, 0.5) is 0 Å². The quantitative estimate of drug-likeness (QED) is 0.756. The second-order valence-electron chi connectivity index (χ2n) is 6.88. The van der Waals surface area contributed by atoms with Crippen molar-refractivity contribution in [3.05, 3.63) is 0 Å². The Balaban J connectivity index is 1.87. The van der Waals surface area contributed by atoms with Gasteiger partial charge in [-0.2, -0.15) is 0 Å². The lowest BCUT2D eigenvalue weighted by Gasteiger charge is -2.31. The molecule has 0 aliphatic heterocycles. The average Bonchev–Trinajstić information content (AvgIpc) is 2.90. The Bertz CT molecular complexity index is 347. The second kappa shape index (κ2) is 7.59. The lowest BCUT2D eigenvalue weighted by Crippen LogP contribution is -2.50. The Kier molecular flexibility index (Phi) is 6.06. The van der Waals surface area contributed by atoms with Crippen LogP contribution in [0.2, 0.25) is 0 Å².